The average molecular weight is 399 g/mol. The van der Waals surface area contributed by atoms with Gasteiger partial charge in [0.1, 0.15) is 0 Å². The van der Waals surface area contributed by atoms with Gasteiger partial charge in [0.15, 0.2) is 5.78 Å². The molecule has 4 saturated heterocycles. The lowest BCUT2D eigenvalue weighted by Crippen LogP contribution is -2.58. The van der Waals surface area contributed by atoms with Gasteiger partial charge in [-0.2, -0.15) is 0 Å². The van der Waals surface area contributed by atoms with Crippen LogP contribution in [0.15, 0.2) is 24.3 Å². The van der Waals surface area contributed by atoms with Crippen molar-refractivity contribution in [1.29, 1.82) is 0 Å². The molecule has 0 saturated carbocycles. The summed E-state index contributed by atoms with van der Waals surface area (Å²) in [6.45, 7) is 8.41. The third kappa shape index (κ3) is 5.17. The Kier molecular flexibility index (Phi) is 6.50. The highest BCUT2D eigenvalue weighted by Crippen LogP contribution is 2.36. The summed E-state index contributed by atoms with van der Waals surface area (Å²) in [5.74, 6) is 1.63. The van der Waals surface area contributed by atoms with Crippen LogP contribution < -0.4 is 10.6 Å². The number of amides is 2. The van der Waals surface area contributed by atoms with Gasteiger partial charge in [0, 0.05) is 36.9 Å². The monoisotopic (exact) mass is 398 g/mol. The van der Waals surface area contributed by atoms with Crippen molar-refractivity contribution in [3.05, 3.63) is 29.8 Å². The normalized spacial score (nSPS) is 29.4. The van der Waals surface area contributed by atoms with E-state index in [4.69, 9.17) is 0 Å². The van der Waals surface area contributed by atoms with Gasteiger partial charge in [-0.15, -0.1) is 0 Å². The molecule has 4 fully saturated rings. The van der Waals surface area contributed by atoms with Gasteiger partial charge in [-0.25, -0.2) is 4.79 Å². The maximum atomic E-state index is 12.3. The van der Waals surface area contributed by atoms with Crippen LogP contribution in [0, 0.1) is 11.8 Å². The van der Waals surface area contributed by atoms with Crippen LogP contribution in [-0.2, 0) is 0 Å². The molecule has 0 radical (unpaired) electrons. The van der Waals surface area contributed by atoms with Gasteiger partial charge in [-0.1, -0.05) is 6.42 Å². The van der Waals surface area contributed by atoms with Crippen LogP contribution in [0.5, 0.6) is 0 Å². The summed E-state index contributed by atoms with van der Waals surface area (Å²) in [6.07, 6.45) is 6.63. The summed E-state index contributed by atoms with van der Waals surface area (Å²) in [7, 11) is 0. The number of hydrogen-bond donors (Lipinski definition) is 2. The highest BCUT2D eigenvalue weighted by atomic mass is 16.2. The zero-order valence-electron chi connectivity index (χ0n) is 17.5. The van der Waals surface area contributed by atoms with Crippen LogP contribution in [0.3, 0.4) is 0 Å². The number of hydrogen-bond acceptors (Lipinski definition) is 4. The van der Waals surface area contributed by atoms with Crippen LogP contribution >= 0.6 is 0 Å². The summed E-state index contributed by atoms with van der Waals surface area (Å²) in [6, 6.07) is 7.31. The van der Waals surface area contributed by atoms with E-state index in [-0.39, 0.29) is 11.8 Å². The van der Waals surface area contributed by atoms with Crippen LogP contribution in [0.25, 0.3) is 0 Å². The number of carbonyl (C=O) groups excluding carboxylic acids is 2. The molecule has 2 N–H and O–H groups in total. The number of Topliss-reactive ketones (excluding diaryl/α,β-unsaturated/α-hetero) is 1. The number of carbonyl (C=O) groups is 2. The second-order valence-corrected chi connectivity index (χ2v) is 9.02. The third-order valence-corrected chi connectivity index (χ3v) is 7.00. The number of likely N-dealkylation sites (tertiary alicyclic amines) is 1. The molecule has 6 nitrogen and oxygen atoms in total. The molecular weight excluding hydrogens is 364 g/mol. The Labute approximate surface area is 174 Å². The van der Waals surface area contributed by atoms with E-state index in [1.807, 2.05) is 0 Å². The maximum absolute atomic E-state index is 12.3. The van der Waals surface area contributed by atoms with E-state index in [0.29, 0.717) is 23.8 Å². The molecule has 4 heterocycles. The minimum absolute atomic E-state index is 0.0287. The molecule has 4 aliphatic heterocycles. The van der Waals surface area contributed by atoms with Crippen LogP contribution in [0.4, 0.5) is 10.5 Å². The number of nitrogens with one attached hydrogen (secondary N) is 2. The number of fused-ring (bicyclic) bond motifs is 3. The topological polar surface area (TPSA) is 64.7 Å². The predicted octanol–water partition coefficient (Wildman–Crippen LogP) is 3.21. The van der Waals surface area contributed by atoms with Crippen molar-refractivity contribution < 1.29 is 9.59 Å². The first-order valence-electron chi connectivity index (χ1n) is 11.2. The molecule has 0 spiro atoms. The lowest BCUT2D eigenvalue weighted by Gasteiger charge is -2.51. The number of rotatable bonds is 6. The molecule has 0 aliphatic carbocycles. The maximum Gasteiger partial charge on any atom is 0.319 e. The zero-order valence-corrected chi connectivity index (χ0v) is 17.5. The molecule has 4 atom stereocenters. The molecular formula is C23H34N4O2. The van der Waals surface area contributed by atoms with Gasteiger partial charge in [-0.05, 0) is 88.3 Å². The summed E-state index contributed by atoms with van der Waals surface area (Å²) in [5.41, 5.74) is 1.36. The standard InChI is InChI=1S/C23H34N4O2/c1-17(28)18-5-7-21(8-6-18)25-23(29)24-14-22-13-19-9-12-27(22)16-20(19)15-26-10-3-2-4-11-26/h5-8,19-20,22H,2-4,9-16H2,1H3,(H2,24,25,29). The summed E-state index contributed by atoms with van der Waals surface area (Å²) in [5, 5.41) is 5.92. The Bertz CT molecular complexity index is 714. The minimum atomic E-state index is -0.173. The molecule has 1 aromatic carbocycles. The number of ketones is 1. The minimum Gasteiger partial charge on any atom is -0.336 e. The summed E-state index contributed by atoms with van der Waals surface area (Å²) < 4.78 is 0. The quantitative estimate of drug-likeness (QED) is 0.723. The summed E-state index contributed by atoms with van der Waals surface area (Å²) >= 11 is 0. The van der Waals surface area contributed by atoms with E-state index < -0.39 is 0 Å². The highest BCUT2D eigenvalue weighted by Gasteiger charge is 2.40. The van der Waals surface area contributed by atoms with E-state index in [0.717, 1.165) is 11.8 Å². The van der Waals surface area contributed by atoms with Crippen molar-refractivity contribution >= 4 is 17.5 Å². The smallest absolute Gasteiger partial charge is 0.319 e. The first-order valence-corrected chi connectivity index (χ1v) is 11.2. The first-order chi connectivity index (χ1) is 14.1. The SMILES string of the molecule is CC(=O)c1ccc(NC(=O)NCC2CC3CCN2CC3CN2CCCCC2)cc1. The Morgan fingerprint density at radius 1 is 1.07 bits per heavy atom. The molecule has 4 aliphatic rings. The third-order valence-electron chi connectivity index (χ3n) is 7.00. The van der Waals surface area contributed by atoms with Gasteiger partial charge < -0.3 is 15.5 Å². The second-order valence-electron chi connectivity index (χ2n) is 9.02. The molecule has 1 aromatic rings. The van der Waals surface area contributed by atoms with Crippen LogP contribution in [0.2, 0.25) is 0 Å². The zero-order chi connectivity index (χ0) is 20.2. The molecule has 2 bridgehead atoms. The second kappa shape index (κ2) is 9.26. The van der Waals surface area contributed by atoms with E-state index in [1.54, 1.807) is 31.2 Å². The average Bonchev–Trinajstić information content (AvgIpc) is 2.74. The van der Waals surface area contributed by atoms with E-state index in [2.05, 4.69) is 20.4 Å². The van der Waals surface area contributed by atoms with Crippen molar-refractivity contribution in [2.75, 3.05) is 44.6 Å². The Hall–Kier alpha value is -1.92. The number of anilines is 1. The number of benzene rings is 1. The van der Waals surface area contributed by atoms with E-state index >= 15 is 0 Å². The van der Waals surface area contributed by atoms with Gasteiger partial charge in [-0.3, -0.25) is 9.69 Å². The van der Waals surface area contributed by atoms with Gasteiger partial charge >= 0.3 is 6.03 Å². The Morgan fingerprint density at radius 2 is 1.83 bits per heavy atom. The van der Waals surface area contributed by atoms with Crippen molar-refractivity contribution in [3.63, 3.8) is 0 Å². The Balaban J connectivity index is 1.22. The lowest BCUT2D eigenvalue weighted by molar-refractivity contribution is -0.0128. The fourth-order valence-electron chi connectivity index (χ4n) is 5.32. The molecule has 4 unspecified atom stereocenters. The molecule has 6 heteroatoms. The van der Waals surface area contributed by atoms with E-state index in [1.165, 1.54) is 64.8 Å². The molecule has 158 valence electrons. The van der Waals surface area contributed by atoms with Crippen molar-refractivity contribution in [2.24, 2.45) is 11.8 Å². The fourth-order valence-corrected chi connectivity index (χ4v) is 5.32. The molecule has 29 heavy (non-hydrogen) atoms. The lowest BCUT2D eigenvalue weighted by atomic mass is 9.75. The van der Waals surface area contributed by atoms with Gasteiger partial charge in [0.2, 0.25) is 0 Å². The Morgan fingerprint density at radius 3 is 2.48 bits per heavy atom. The van der Waals surface area contributed by atoms with Crippen molar-refractivity contribution in [2.45, 2.75) is 45.1 Å². The molecule has 2 amide bonds. The van der Waals surface area contributed by atoms with Crippen LogP contribution in [0.1, 0.15) is 49.4 Å². The first kappa shape index (κ1) is 20.4. The van der Waals surface area contributed by atoms with Crippen molar-refractivity contribution in [3.8, 4) is 0 Å². The molecule has 5 rings (SSSR count). The number of urea groups is 1. The van der Waals surface area contributed by atoms with Gasteiger partial charge in [0.25, 0.3) is 0 Å². The van der Waals surface area contributed by atoms with Crippen molar-refractivity contribution in [1.82, 2.24) is 15.1 Å². The number of piperidine rings is 4. The molecule has 0 aromatic heterocycles. The summed E-state index contributed by atoms with van der Waals surface area (Å²) in [4.78, 5) is 28.9. The predicted molar refractivity (Wildman–Crippen MR) is 115 cm³/mol. The fraction of sp³-hybridized carbons (Fsp3) is 0.652. The van der Waals surface area contributed by atoms with Crippen LogP contribution in [-0.4, -0.2) is 66.9 Å². The largest absolute Gasteiger partial charge is 0.336 e. The number of nitrogens with zero attached hydrogens (tertiary/aromatic N) is 2. The highest BCUT2D eigenvalue weighted by molar-refractivity contribution is 5.95. The van der Waals surface area contributed by atoms with E-state index in [9.17, 15) is 9.59 Å². The van der Waals surface area contributed by atoms with Gasteiger partial charge in [0.05, 0.1) is 0 Å².